The Morgan fingerprint density at radius 3 is 2.39 bits per heavy atom. The third-order valence-corrected chi connectivity index (χ3v) is 9.15. The maximum absolute atomic E-state index is 14.0. The van der Waals surface area contributed by atoms with Crippen LogP contribution in [0.3, 0.4) is 0 Å². The van der Waals surface area contributed by atoms with Crippen molar-refractivity contribution in [2.45, 2.75) is 69.0 Å². The number of hydrogen-bond donors (Lipinski definition) is 7. The van der Waals surface area contributed by atoms with Gasteiger partial charge in [0.1, 0.15) is 41.7 Å². The van der Waals surface area contributed by atoms with Gasteiger partial charge >= 0.3 is 0 Å². The van der Waals surface area contributed by atoms with Gasteiger partial charge in [-0.15, -0.1) is 0 Å². The fourth-order valence-electron chi connectivity index (χ4n) is 6.82. The largest absolute Gasteiger partial charge is 0.507 e. The van der Waals surface area contributed by atoms with Crippen LogP contribution in [0.2, 0.25) is 0 Å². The SMILES string of the molecule is COc1cc(O[C@@H]2O[C@H](CO)[C@@H](O)[C@H](O)[C@H]2O)c2c(c1)C(=O)c1cc(CC3(C4=CNC(N)C=C4)CCCC3)cc(O)c1C2=O. The Balaban J connectivity index is 1.37. The normalized spacial score (nSPS) is 29.0. The fourth-order valence-corrected chi connectivity index (χ4v) is 6.82. The first kappa shape index (κ1) is 30.3. The zero-order valence-electron chi connectivity index (χ0n) is 24.1. The van der Waals surface area contributed by atoms with Crippen molar-refractivity contribution in [3.05, 3.63) is 76.0 Å². The number of fused-ring (bicyclic) bond motifs is 2. The molecule has 6 atom stereocenters. The Bertz CT molecular complexity index is 1540. The van der Waals surface area contributed by atoms with Crippen molar-refractivity contribution in [3.8, 4) is 17.2 Å². The highest BCUT2D eigenvalue weighted by Crippen LogP contribution is 2.49. The maximum Gasteiger partial charge on any atom is 0.229 e. The van der Waals surface area contributed by atoms with E-state index in [-0.39, 0.29) is 51.1 Å². The van der Waals surface area contributed by atoms with Crippen molar-refractivity contribution >= 4 is 11.6 Å². The van der Waals surface area contributed by atoms with Gasteiger partial charge in [0.25, 0.3) is 0 Å². The third kappa shape index (κ3) is 5.07. The number of dihydropyridines is 1. The lowest BCUT2D eigenvalue weighted by atomic mass is 9.72. The first-order valence-corrected chi connectivity index (χ1v) is 14.6. The van der Waals surface area contributed by atoms with Gasteiger partial charge in [-0.2, -0.15) is 0 Å². The van der Waals surface area contributed by atoms with E-state index < -0.39 is 48.9 Å². The van der Waals surface area contributed by atoms with Gasteiger partial charge in [-0.1, -0.05) is 18.9 Å². The third-order valence-electron chi connectivity index (χ3n) is 9.15. The van der Waals surface area contributed by atoms with Gasteiger partial charge in [-0.3, -0.25) is 9.59 Å². The Labute approximate surface area is 253 Å². The molecule has 4 aliphatic rings. The number of methoxy groups -OCH3 is 1. The molecule has 44 heavy (non-hydrogen) atoms. The molecule has 2 aromatic carbocycles. The lowest BCUT2D eigenvalue weighted by Gasteiger charge is -2.39. The molecular weight excluding hydrogens is 572 g/mol. The van der Waals surface area contributed by atoms with Crippen LogP contribution in [0.25, 0.3) is 0 Å². The van der Waals surface area contributed by atoms with Gasteiger partial charge in [-0.05, 0) is 54.7 Å². The minimum atomic E-state index is -1.75. The molecule has 234 valence electrons. The van der Waals surface area contributed by atoms with Crippen LogP contribution in [0, 0.1) is 5.41 Å². The Hall–Kier alpha value is -3.78. The Morgan fingerprint density at radius 1 is 1.00 bits per heavy atom. The van der Waals surface area contributed by atoms with E-state index in [9.17, 15) is 35.1 Å². The van der Waals surface area contributed by atoms with E-state index in [2.05, 4.69) is 5.32 Å². The van der Waals surface area contributed by atoms with Crippen LogP contribution >= 0.6 is 0 Å². The van der Waals surface area contributed by atoms with Gasteiger partial charge in [0, 0.05) is 28.8 Å². The van der Waals surface area contributed by atoms with Gasteiger partial charge in [-0.25, -0.2) is 0 Å². The Kier molecular flexibility index (Phi) is 7.99. The van der Waals surface area contributed by atoms with Gasteiger partial charge < -0.3 is 50.8 Å². The van der Waals surface area contributed by atoms with E-state index in [1.165, 1.54) is 25.3 Å². The molecule has 2 aliphatic carbocycles. The number of benzene rings is 2. The smallest absolute Gasteiger partial charge is 0.229 e. The van der Waals surface area contributed by atoms with Crippen LogP contribution in [-0.2, 0) is 11.2 Å². The molecule has 2 aliphatic heterocycles. The molecule has 0 amide bonds. The zero-order valence-corrected chi connectivity index (χ0v) is 24.1. The summed E-state index contributed by atoms with van der Waals surface area (Å²) in [6.45, 7) is -0.680. The van der Waals surface area contributed by atoms with Crippen LogP contribution in [0.4, 0.5) is 0 Å². The summed E-state index contributed by atoms with van der Waals surface area (Å²) in [5, 5.41) is 54.8. The van der Waals surface area contributed by atoms with E-state index >= 15 is 0 Å². The molecule has 0 radical (unpaired) electrons. The second-order valence-electron chi connectivity index (χ2n) is 11.9. The summed E-state index contributed by atoms with van der Waals surface area (Å²) in [5.41, 5.74) is 7.18. The lowest BCUT2D eigenvalue weighted by molar-refractivity contribution is -0.277. The average molecular weight is 609 g/mol. The number of phenolic OH excluding ortho intramolecular Hbond substituents is 1. The first-order chi connectivity index (χ1) is 21.1. The standard InChI is InChI=1S/C32H36N2O10/c1-42-17-10-19-25(21(11-17)43-31-30(41)29(40)27(38)22(14-35)44-31)28(39)24-18(26(19)37)8-15(9-20(24)36)12-32(6-2-3-7-32)16-4-5-23(33)34-13-16/h4-5,8-11,13,22-23,27,29-31,34-36,38,40-41H,2-3,6-7,12,14,33H2,1H3/t22-,23?,27-,29+,30-,31-/m1/s1. The van der Waals surface area contributed by atoms with Crippen LogP contribution in [-0.4, -0.2) is 87.7 Å². The van der Waals surface area contributed by atoms with Crippen molar-refractivity contribution < 1.29 is 49.3 Å². The molecule has 1 saturated carbocycles. The van der Waals surface area contributed by atoms with Crippen molar-refractivity contribution in [1.29, 1.82) is 0 Å². The maximum atomic E-state index is 14.0. The average Bonchev–Trinajstić information content (AvgIpc) is 3.49. The molecule has 2 aromatic rings. The van der Waals surface area contributed by atoms with E-state index in [4.69, 9.17) is 19.9 Å². The molecule has 6 rings (SSSR count). The number of carbonyl (C=O) groups is 2. The van der Waals surface area contributed by atoms with Crippen molar-refractivity contribution in [3.63, 3.8) is 0 Å². The summed E-state index contributed by atoms with van der Waals surface area (Å²) in [6.07, 6.45) is 2.10. The number of aromatic hydroxyl groups is 1. The molecule has 1 saturated heterocycles. The van der Waals surface area contributed by atoms with Crippen molar-refractivity contribution in [2.24, 2.45) is 11.1 Å². The molecule has 12 heteroatoms. The van der Waals surface area contributed by atoms with E-state index in [1.807, 2.05) is 18.4 Å². The molecule has 8 N–H and O–H groups in total. The number of aliphatic hydroxyl groups excluding tert-OH is 4. The van der Waals surface area contributed by atoms with Gasteiger partial charge in [0.05, 0.1) is 31.0 Å². The number of ketones is 2. The zero-order chi connectivity index (χ0) is 31.3. The Morgan fingerprint density at radius 2 is 1.73 bits per heavy atom. The first-order valence-electron chi connectivity index (χ1n) is 14.6. The minimum Gasteiger partial charge on any atom is -0.507 e. The number of aliphatic hydroxyl groups is 4. The number of nitrogens with two attached hydrogens (primary N) is 1. The summed E-state index contributed by atoms with van der Waals surface area (Å²) in [6, 6.07) is 5.88. The summed E-state index contributed by atoms with van der Waals surface area (Å²) in [7, 11) is 1.36. The molecule has 12 nitrogen and oxygen atoms in total. The molecule has 2 heterocycles. The minimum absolute atomic E-state index is 0.0373. The summed E-state index contributed by atoms with van der Waals surface area (Å²) in [4.78, 5) is 27.9. The number of ether oxygens (including phenoxy) is 3. The quantitative estimate of drug-likeness (QED) is 0.199. The topological polar surface area (TPSA) is 201 Å². The van der Waals surface area contributed by atoms with E-state index in [1.54, 1.807) is 6.07 Å². The summed E-state index contributed by atoms with van der Waals surface area (Å²) < 4.78 is 16.6. The van der Waals surface area contributed by atoms with Crippen LogP contribution in [0.5, 0.6) is 17.2 Å². The number of carbonyl (C=O) groups excluding carboxylic acids is 2. The molecule has 0 aromatic heterocycles. The highest BCUT2D eigenvalue weighted by molar-refractivity contribution is 6.30. The van der Waals surface area contributed by atoms with Crippen LogP contribution in [0.1, 0.15) is 63.1 Å². The second kappa shape index (κ2) is 11.6. The monoisotopic (exact) mass is 608 g/mol. The molecular formula is C32H36N2O10. The molecule has 2 fully saturated rings. The molecule has 1 unspecified atom stereocenters. The predicted octanol–water partition coefficient (Wildman–Crippen LogP) is 0.786. The number of phenols is 1. The van der Waals surface area contributed by atoms with Crippen molar-refractivity contribution in [1.82, 2.24) is 5.32 Å². The molecule has 0 bridgehead atoms. The highest BCUT2D eigenvalue weighted by atomic mass is 16.7. The lowest BCUT2D eigenvalue weighted by Crippen LogP contribution is -2.60. The number of nitrogens with one attached hydrogen (secondary N) is 1. The molecule has 0 spiro atoms. The number of rotatable bonds is 7. The van der Waals surface area contributed by atoms with Crippen molar-refractivity contribution in [2.75, 3.05) is 13.7 Å². The van der Waals surface area contributed by atoms with Crippen LogP contribution in [0.15, 0.2) is 48.2 Å². The summed E-state index contributed by atoms with van der Waals surface area (Å²) >= 11 is 0. The second-order valence-corrected chi connectivity index (χ2v) is 11.9. The predicted molar refractivity (Wildman–Crippen MR) is 155 cm³/mol. The van der Waals surface area contributed by atoms with Crippen LogP contribution < -0.4 is 20.5 Å². The highest BCUT2D eigenvalue weighted by Gasteiger charge is 2.46. The number of allylic oxidation sites excluding steroid dienone is 2. The van der Waals surface area contributed by atoms with Gasteiger partial charge in [0.15, 0.2) is 5.78 Å². The van der Waals surface area contributed by atoms with E-state index in [0.717, 1.165) is 31.3 Å². The number of hydrogen-bond acceptors (Lipinski definition) is 12. The van der Waals surface area contributed by atoms with E-state index in [0.29, 0.717) is 12.0 Å². The fraction of sp³-hybridized carbons (Fsp3) is 0.438. The van der Waals surface area contributed by atoms with Gasteiger partial charge in [0.2, 0.25) is 12.1 Å². The summed E-state index contributed by atoms with van der Waals surface area (Å²) in [5.74, 6) is -1.61.